The molecule has 0 aromatic carbocycles. The van der Waals surface area contributed by atoms with Crippen molar-refractivity contribution in [3.8, 4) is 0 Å². The molecule has 0 radical (unpaired) electrons. The minimum atomic E-state index is -0.0101. The van der Waals surface area contributed by atoms with Gasteiger partial charge in [-0.15, -0.1) is 0 Å². The molecule has 1 aromatic heterocycles. The third-order valence-electron chi connectivity index (χ3n) is 1.48. The normalized spacial score (nSPS) is 11.0. The van der Waals surface area contributed by atoms with E-state index >= 15 is 0 Å². The van der Waals surface area contributed by atoms with Crippen molar-refractivity contribution in [3.05, 3.63) is 16.6 Å². The highest BCUT2D eigenvalue weighted by atomic mass is 79.9. The van der Waals surface area contributed by atoms with Crippen LogP contribution in [0.3, 0.4) is 0 Å². The summed E-state index contributed by atoms with van der Waals surface area (Å²) in [6.07, 6.45) is 1.87. The molecule has 0 fully saturated rings. The van der Waals surface area contributed by atoms with Gasteiger partial charge >= 0.3 is 0 Å². The van der Waals surface area contributed by atoms with Gasteiger partial charge in [-0.1, -0.05) is 0 Å². The summed E-state index contributed by atoms with van der Waals surface area (Å²) < 4.78 is 2.71. The highest BCUT2D eigenvalue weighted by molar-refractivity contribution is 9.10. The second kappa shape index (κ2) is 3.36. The summed E-state index contributed by atoms with van der Waals surface area (Å²) in [6.45, 7) is 4.09. The van der Waals surface area contributed by atoms with Crippen molar-refractivity contribution in [2.75, 3.05) is 0 Å². The number of hydrogen-bond acceptors (Lipinski definition) is 2. The number of aromatic nitrogens is 2. The Labute approximate surface area is 74.2 Å². The van der Waals surface area contributed by atoms with Crippen molar-refractivity contribution in [3.63, 3.8) is 0 Å². The molecular formula is C7H11BrN2O. The van der Waals surface area contributed by atoms with Gasteiger partial charge < -0.3 is 9.67 Å². The van der Waals surface area contributed by atoms with Crippen molar-refractivity contribution in [1.29, 1.82) is 0 Å². The Bertz CT molecular complexity index is 245. The predicted octanol–water partition coefficient (Wildman–Crippen LogP) is 1.72. The van der Waals surface area contributed by atoms with Crippen molar-refractivity contribution >= 4 is 15.9 Å². The molecule has 0 bridgehead atoms. The molecular weight excluding hydrogens is 208 g/mol. The highest BCUT2D eigenvalue weighted by Gasteiger charge is 2.06. The molecule has 62 valence electrons. The van der Waals surface area contributed by atoms with Crippen LogP contribution in [-0.2, 0) is 6.61 Å². The van der Waals surface area contributed by atoms with Gasteiger partial charge in [0.2, 0.25) is 0 Å². The van der Waals surface area contributed by atoms with Gasteiger partial charge in [-0.3, -0.25) is 0 Å². The first-order chi connectivity index (χ1) is 5.15. The van der Waals surface area contributed by atoms with Gasteiger partial charge in [0.05, 0.1) is 0 Å². The number of hydrogen-bond donors (Lipinski definition) is 1. The summed E-state index contributed by atoms with van der Waals surface area (Å²) in [5, 5.41) is 8.88. The molecule has 0 aliphatic carbocycles. The molecule has 3 nitrogen and oxygen atoms in total. The topological polar surface area (TPSA) is 38.0 Å². The number of rotatable bonds is 2. The fourth-order valence-electron chi connectivity index (χ4n) is 0.963. The summed E-state index contributed by atoms with van der Waals surface area (Å²) in [6, 6.07) is 0.343. The highest BCUT2D eigenvalue weighted by Crippen LogP contribution is 2.14. The van der Waals surface area contributed by atoms with Gasteiger partial charge in [-0.25, -0.2) is 4.98 Å². The maximum atomic E-state index is 8.88. The SMILES string of the molecule is CC(C)n1cc(Br)nc1CO. The van der Waals surface area contributed by atoms with Crippen LogP contribution in [0.25, 0.3) is 0 Å². The fraction of sp³-hybridized carbons (Fsp3) is 0.571. The number of aliphatic hydroxyl groups excluding tert-OH is 1. The Morgan fingerprint density at radius 2 is 2.36 bits per heavy atom. The Morgan fingerprint density at radius 1 is 1.73 bits per heavy atom. The Hall–Kier alpha value is -0.350. The number of nitrogens with zero attached hydrogens (tertiary/aromatic N) is 2. The van der Waals surface area contributed by atoms with Crippen LogP contribution in [-0.4, -0.2) is 14.7 Å². The third-order valence-corrected chi connectivity index (χ3v) is 1.86. The maximum Gasteiger partial charge on any atom is 0.136 e. The van der Waals surface area contributed by atoms with Gasteiger partial charge in [-0.2, -0.15) is 0 Å². The first-order valence-electron chi connectivity index (χ1n) is 3.49. The van der Waals surface area contributed by atoms with Gasteiger partial charge in [0.25, 0.3) is 0 Å². The second-order valence-electron chi connectivity index (χ2n) is 2.64. The van der Waals surface area contributed by atoms with E-state index in [1.54, 1.807) is 0 Å². The molecule has 0 aliphatic rings. The molecule has 1 N–H and O–H groups in total. The molecule has 4 heteroatoms. The molecule has 11 heavy (non-hydrogen) atoms. The largest absolute Gasteiger partial charge is 0.388 e. The van der Waals surface area contributed by atoms with Crippen molar-refractivity contribution in [1.82, 2.24) is 9.55 Å². The van der Waals surface area contributed by atoms with Crippen LogP contribution < -0.4 is 0 Å². The molecule has 0 unspecified atom stereocenters. The minimum Gasteiger partial charge on any atom is -0.388 e. The molecule has 0 atom stereocenters. The third kappa shape index (κ3) is 1.81. The van der Waals surface area contributed by atoms with Crippen LogP contribution in [0.4, 0.5) is 0 Å². The van der Waals surface area contributed by atoms with Crippen molar-refractivity contribution < 1.29 is 5.11 Å². The monoisotopic (exact) mass is 218 g/mol. The van der Waals surface area contributed by atoms with Gasteiger partial charge in [0, 0.05) is 12.2 Å². The van der Waals surface area contributed by atoms with E-state index in [1.165, 1.54) is 0 Å². The summed E-state index contributed by atoms with van der Waals surface area (Å²) in [7, 11) is 0. The zero-order valence-electron chi connectivity index (χ0n) is 6.58. The Balaban J connectivity index is 3.02. The molecule has 1 heterocycles. The van der Waals surface area contributed by atoms with E-state index in [0.717, 1.165) is 4.60 Å². The molecule has 0 saturated heterocycles. The molecule has 1 aromatic rings. The second-order valence-corrected chi connectivity index (χ2v) is 3.45. The molecule has 0 spiro atoms. The number of imidazole rings is 1. The van der Waals surface area contributed by atoms with E-state index in [2.05, 4.69) is 20.9 Å². The lowest BCUT2D eigenvalue weighted by atomic mass is 10.4. The fourth-order valence-corrected chi connectivity index (χ4v) is 1.39. The van der Waals surface area contributed by atoms with E-state index in [0.29, 0.717) is 11.9 Å². The van der Waals surface area contributed by atoms with E-state index in [4.69, 9.17) is 5.11 Å². The molecule has 0 aliphatic heterocycles. The number of aliphatic hydroxyl groups is 1. The smallest absolute Gasteiger partial charge is 0.136 e. The summed E-state index contributed by atoms with van der Waals surface area (Å²) in [5.74, 6) is 0.701. The average molecular weight is 219 g/mol. The van der Waals surface area contributed by atoms with E-state index < -0.39 is 0 Å². The quantitative estimate of drug-likeness (QED) is 0.822. The summed E-state index contributed by atoms with van der Waals surface area (Å²) in [5.41, 5.74) is 0. The van der Waals surface area contributed by atoms with Crippen LogP contribution in [0.15, 0.2) is 10.8 Å². The Kier molecular flexibility index (Phi) is 2.67. The summed E-state index contributed by atoms with van der Waals surface area (Å²) >= 11 is 3.25. The van der Waals surface area contributed by atoms with Crippen LogP contribution in [0.2, 0.25) is 0 Å². The Morgan fingerprint density at radius 3 is 2.73 bits per heavy atom. The summed E-state index contributed by atoms with van der Waals surface area (Å²) in [4.78, 5) is 4.08. The van der Waals surface area contributed by atoms with Gasteiger partial charge in [-0.05, 0) is 29.8 Å². The predicted molar refractivity (Wildman–Crippen MR) is 46.2 cm³/mol. The molecule has 1 rings (SSSR count). The van der Waals surface area contributed by atoms with Crippen LogP contribution in [0.1, 0.15) is 25.7 Å². The first kappa shape index (κ1) is 8.74. The van der Waals surface area contributed by atoms with E-state index in [-0.39, 0.29) is 6.61 Å². The van der Waals surface area contributed by atoms with E-state index in [1.807, 2.05) is 24.6 Å². The van der Waals surface area contributed by atoms with Crippen molar-refractivity contribution in [2.24, 2.45) is 0 Å². The zero-order valence-corrected chi connectivity index (χ0v) is 8.17. The first-order valence-corrected chi connectivity index (χ1v) is 4.28. The van der Waals surface area contributed by atoms with E-state index in [9.17, 15) is 0 Å². The lowest BCUT2D eigenvalue weighted by Gasteiger charge is -2.08. The molecule has 0 amide bonds. The lowest BCUT2D eigenvalue weighted by Crippen LogP contribution is -2.04. The van der Waals surface area contributed by atoms with Crippen LogP contribution in [0.5, 0.6) is 0 Å². The molecule has 0 saturated carbocycles. The standard InChI is InChI=1S/C7H11BrN2O/c1-5(2)10-3-6(8)9-7(10)4-11/h3,5,11H,4H2,1-2H3. The number of halogens is 1. The average Bonchev–Trinajstić information content (AvgIpc) is 2.30. The van der Waals surface area contributed by atoms with Crippen LogP contribution in [0, 0.1) is 0 Å². The maximum absolute atomic E-state index is 8.88. The van der Waals surface area contributed by atoms with Gasteiger partial charge in [0.15, 0.2) is 0 Å². The minimum absolute atomic E-state index is 0.0101. The van der Waals surface area contributed by atoms with Crippen LogP contribution >= 0.6 is 15.9 Å². The van der Waals surface area contributed by atoms with Gasteiger partial charge in [0.1, 0.15) is 17.0 Å². The van der Waals surface area contributed by atoms with Crippen molar-refractivity contribution in [2.45, 2.75) is 26.5 Å². The lowest BCUT2D eigenvalue weighted by molar-refractivity contribution is 0.262. The zero-order chi connectivity index (χ0) is 8.43.